The number of rotatable bonds is 7. The highest BCUT2D eigenvalue weighted by atomic mass is 19.3. The fraction of sp³-hybridized carbons (Fsp3) is 0.333. The molecule has 0 bridgehead atoms. The molecule has 0 atom stereocenters. The highest BCUT2D eigenvalue weighted by Gasteiger charge is 2.35. The van der Waals surface area contributed by atoms with Crippen LogP contribution >= 0.6 is 0 Å². The van der Waals surface area contributed by atoms with E-state index < -0.39 is 43.6 Å². The number of carbonyl (C=O) groups excluding carboxylic acids is 4. The van der Waals surface area contributed by atoms with Gasteiger partial charge in [-0.3, -0.25) is 19.3 Å². The van der Waals surface area contributed by atoms with Crippen LogP contribution in [0.15, 0.2) is 24.3 Å². The minimum absolute atomic E-state index is 0.0274. The average molecular weight is 371 g/mol. The van der Waals surface area contributed by atoms with Crippen LogP contribution < -0.4 is 10.1 Å². The van der Waals surface area contributed by atoms with E-state index in [4.69, 9.17) is 0 Å². The second-order valence-electron chi connectivity index (χ2n) is 5.20. The van der Waals surface area contributed by atoms with Crippen LogP contribution in [0.4, 0.5) is 19.3 Å². The predicted octanol–water partition coefficient (Wildman–Crippen LogP) is 0.664. The van der Waals surface area contributed by atoms with E-state index in [-0.39, 0.29) is 18.0 Å². The molecule has 140 valence electrons. The summed E-state index contributed by atoms with van der Waals surface area (Å²) in [4.78, 5) is 48.5. The van der Waals surface area contributed by atoms with Crippen molar-refractivity contribution in [3.63, 3.8) is 0 Å². The second kappa shape index (κ2) is 8.23. The number of hydrogen-bond donors (Lipinski definition) is 1. The Balaban J connectivity index is 1.85. The van der Waals surface area contributed by atoms with Crippen LogP contribution in [-0.4, -0.2) is 67.0 Å². The number of alkyl halides is 2. The fourth-order valence-electron chi connectivity index (χ4n) is 2.10. The van der Waals surface area contributed by atoms with Gasteiger partial charge in [-0.15, -0.1) is 0 Å². The van der Waals surface area contributed by atoms with Gasteiger partial charge in [-0.1, -0.05) is 12.1 Å². The molecule has 4 amide bonds. The molecule has 0 spiro atoms. The van der Waals surface area contributed by atoms with Crippen molar-refractivity contribution >= 4 is 29.5 Å². The maximum atomic E-state index is 12.3. The van der Waals surface area contributed by atoms with E-state index >= 15 is 0 Å². The molecule has 9 nitrogen and oxygen atoms in total. The molecule has 2 rings (SSSR count). The first-order valence-corrected chi connectivity index (χ1v) is 7.32. The number of benzene rings is 1. The quantitative estimate of drug-likeness (QED) is 0.558. The lowest BCUT2D eigenvalue weighted by Gasteiger charge is -2.14. The first-order valence-electron chi connectivity index (χ1n) is 7.32. The van der Waals surface area contributed by atoms with Gasteiger partial charge < -0.3 is 19.7 Å². The van der Waals surface area contributed by atoms with Crippen molar-refractivity contribution in [3.8, 4) is 5.75 Å². The molecular weight excluding hydrogens is 356 g/mol. The monoisotopic (exact) mass is 371 g/mol. The zero-order valence-electron chi connectivity index (χ0n) is 13.6. The molecule has 1 aromatic carbocycles. The van der Waals surface area contributed by atoms with Crippen LogP contribution in [0.1, 0.15) is 0 Å². The number of imide groups is 1. The Labute approximate surface area is 146 Å². The van der Waals surface area contributed by atoms with Crippen molar-refractivity contribution in [1.82, 2.24) is 9.80 Å². The number of ether oxygens (including phenoxy) is 2. The van der Waals surface area contributed by atoms with Gasteiger partial charge in [0.05, 0.1) is 5.69 Å². The van der Waals surface area contributed by atoms with Gasteiger partial charge in [-0.2, -0.15) is 8.78 Å². The predicted molar refractivity (Wildman–Crippen MR) is 82.4 cm³/mol. The molecule has 1 aliphatic rings. The summed E-state index contributed by atoms with van der Waals surface area (Å²) in [6.07, 6.45) is 0. The highest BCUT2D eigenvalue weighted by molar-refractivity contribution is 6.04. The summed E-state index contributed by atoms with van der Waals surface area (Å²) in [5.41, 5.74) is -0.0274. The topological polar surface area (TPSA) is 105 Å². The van der Waals surface area contributed by atoms with Crippen LogP contribution in [0.3, 0.4) is 0 Å². The van der Waals surface area contributed by atoms with Crippen molar-refractivity contribution in [3.05, 3.63) is 24.3 Å². The minimum atomic E-state index is -3.07. The number of nitrogens with one attached hydrogen (secondary N) is 1. The van der Waals surface area contributed by atoms with Crippen LogP contribution in [0.25, 0.3) is 0 Å². The SMILES string of the molecule is CN1CC(=O)N(CC(=O)OCC(=O)Nc2ccccc2OC(F)F)C1=O. The summed E-state index contributed by atoms with van der Waals surface area (Å²) in [6.45, 7) is -4.57. The van der Waals surface area contributed by atoms with Gasteiger partial charge in [-0.05, 0) is 12.1 Å². The zero-order chi connectivity index (χ0) is 19.3. The fourth-order valence-corrected chi connectivity index (χ4v) is 2.10. The summed E-state index contributed by atoms with van der Waals surface area (Å²) in [7, 11) is 1.40. The van der Waals surface area contributed by atoms with Gasteiger partial charge in [0.25, 0.3) is 11.8 Å². The standard InChI is InChI=1S/C15H15F2N3O6/c1-19-6-12(22)20(15(19)24)7-13(23)25-8-11(21)18-9-4-2-3-5-10(9)26-14(16)17/h2-5,14H,6-8H2,1H3,(H,18,21). The first kappa shape index (κ1) is 19.1. The maximum Gasteiger partial charge on any atom is 0.387 e. The number of nitrogens with zero attached hydrogens (tertiary/aromatic N) is 2. The van der Waals surface area contributed by atoms with E-state index in [1.54, 1.807) is 0 Å². The van der Waals surface area contributed by atoms with Crippen LogP contribution in [-0.2, 0) is 19.1 Å². The van der Waals surface area contributed by atoms with Crippen molar-refractivity contribution < 1.29 is 37.4 Å². The highest BCUT2D eigenvalue weighted by Crippen LogP contribution is 2.25. The summed E-state index contributed by atoms with van der Waals surface area (Å²) in [6, 6.07) is 4.84. The van der Waals surface area contributed by atoms with Crippen molar-refractivity contribution in [2.45, 2.75) is 6.61 Å². The van der Waals surface area contributed by atoms with Crippen LogP contribution in [0, 0.1) is 0 Å². The molecule has 11 heteroatoms. The van der Waals surface area contributed by atoms with Gasteiger partial charge in [-0.25, -0.2) is 4.79 Å². The molecule has 26 heavy (non-hydrogen) atoms. The largest absolute Gasteiger partial charge is 0.454 e. The van der Waals surface area contributed by atoms with Gasteiger partial charge in [0.1, 0.15) is 18.8 Å². The first-order chi connectivity index (χ1) is 12.3. The van der Waals surface area contributed by atoms with E-state index in [1.807, 2.05) is 0 Å². The second-order valence-corrected chi connectivity index (χ2v) is 5.20. The molecule has 0 aromatic heterocycles. The maximum absolute atomic E-state index is 12.3. The number of amides is 4. The molecule has 0 radical (unpaired) electrons. The summed E-state index contributed by atoms with van der Waals surface area (Å²) >= 11 is 0. The van der Waals surface area contributed by atoms with E-state index in [9.17, 15) is 28.0 Å². The number of hydrogen-bond acceptors (Lipinski definition) is 6. The Morgan fingerprint density at radius 2 is 1.96 bits per heavy atom. The van der Waals surface area contributed by atoms with Gasteiger partial charge in [0, 0.05) is 7.05 Å². The molecule has 1 heterocycles. The molecule has 1 aromatic rings. The van der Waals surface area contributed by atoms with Gasteiger partial charge in [0.2, 0.25) is 0 Å². The lowest BCUT2D eigenvalue weighted by molar-refractivity contribution is -0.149. The molecule has 0 saturated carbocycles. The molecule has 1 aliphatic heterocycles. The van der Waals surface area contributed by atoms with Gasteiger partial charge in [0.15, 0.2) is 6.61 Å². The van der Waals surface area contributed by atoms with Crippen molar-refractivity contribution in [2.24, 2.45) is 0 Å². The third-order valence-corrected chi connectivity index (χ3v) is 3.26. The molecular formula is C15H15F2N3O6. The Bertz CT molecular complexity index is 727. The number of likely N-dealkylation sites (N-methyl/N-ethyl adjacent to an activating group) is 1. The lowest BCUT2D eigenvalue weighted by Crippen LogP contribution is -2.37. The molecule has 1 fully saturated rings. The number of urea groups is 1. The van der Waals surface area contributed by atoms with Crippen molar-refractivity contribution in [2.75, 3.05) is 32.1 Å². The molecule has 0 aliphatic carbocycles. The Kier molecular flexibility index (Phi) is 6.04. The number of carbonyl (C=O) groups is 4. The Morgan fingerprint density at radius 1 is 1.27 bits per heavy atom. The normalized spacial score (nSPS) is 14.0. The van der Waals surface area contributed by atoms with E-state index in [2.05, 4.69) is 14.8 Å². The smallest absolute Gasteiger partial charge is 0.387 e. The molecule has 1 N–H and O–H groups in total. The average Bonchev–Trinajstić information content (AvgIpc) is 2.80. The third-order valence-electron chi connectivity index (χ3n) is 3.26. The number of esters is 1. The van der Waals surface area contributed by atoms with Crippen LogP contribution in [0.5, 0.6) is 5.75 Å². The number of para-hydroxylation sites is 2. The summed E-state index contributed by atoms with van der Waals surface area (Å²) < 4.78 is 33.6. The molecule has 1 saturated heterocycles. The lowest BCUT2D eigenvalue weighted by atomic mass is 10.3. The van der Waals surface area contributed by atoms with E-state index in [0.717, 1.165) is 4.90 Å². The van der Waals surface area contributed by atoms with Crippen LogP contribution in [0.2, 0.25) is 0 Å². The third kappa shape index (κ3) is 4.88. The van der Waals surface area contributed by atoms with Crippen molar-refractivity contribution in [1.29, 1.82) is 0 Å². The number of anilines is 1. The van der Waals surface area contributed by atoms with Gasteiger partial charge >= 0.3 is 18.6 Å². The summed E-state index contributed by atoms with van der Waals surface area (Å²) in [5, 5.41) is 2.26. The zero-order valence-corrected chi connectivity index (χ0v) is 13.6. The summed E-state index contributed by atoms with van der Waals surface area (Å²) in [5.74, 6) is -2.58. The molecule has 0 unspecified atom stereocenters. The number of halogens is 2. The Hall–Kier alpha value is -3.24. The van der Waals surface area contributed by atoms with E-state index in [0.29, 0.717) is 4.90 Å². The Morgan fingerprint density at radius 3 is 2.58 bits per heavy atom. The van der Waals surface area contributed by atoms with E-state index in [1.165, 1.54) is 31.3 Å². The minimum Gasteiger partial charge on any atom is -0.454 e.